The first kappa shape index (κ1) is 17.5. The predicted molar refractivity (Wildman–Crippen MR) is 130 cm³/mol. The van der Waals surface area contributed by atoms with Crippen LogP contribution in [0.3, 0.4) is 0 Å². The molecule has 0 atom stereocenters. The molecule has 0 aliphatic rings. The minimum Gasteiger partial charge on any atom is -0.310 e. The highest BCUT2D eigenvalue weighted by molar-refractivity contribution is 6.26. The molecule has 144 valence electrons. The van der Waals surface area contributed by atoms with Crippen LogP contribution in [0.5, 0.6) is 0 Å². The molecule has 0 saturated carbocycles. The number of benzene rings is 6. The van der Waals surface area contributed by atoms with Crippen molar-refractivity contribution in [2.24, 2.45) is 0 Å². The molecule has 0 amide bonds. The standard InChI is InChI=1S/C29H18N2/c30-19-22-12-11-20-14-17-26-27(18-15-21-13-16-25(22)28(20)29(21)26)31(23-7-3-1-4-8-23)24-9-5-2-6-10-24/h1-18H. The van der Waals surface area contributed by atoms with Gasteiger partial charge in [0.25, 0.3) is 0 Å². The van der Waals surface area contributed by atoms with Gasteiger partial charge >= 0.3 is 0 Å². The highest BCUT2D eigenvalue weighted by Crippen LogP contribution is 2.43. The van der Waals surface area contributed by atoms with E-state index < -0.39 is 0 Å². The fourth-order valence-corrected chi connectivity index (χ4v) is 4.66. The first-order valence-corrected chi connectivity index (χ1v) is 10.4. The number of hydrogen-bond donors (Lipinski definition) is 0. The van der Waals surface area contributed by atoms with Crippen molar-refractivity contribution in [2.75, 3.05) is 4.90 Å². The first-order chi connectivity index (χ1) is 15.3. The second kappa shape index (κ2) is 6.86. The van der Waals surface area contributed by atoms with Crippen LogP contribution in [0.2, 0.25) is 0 Å². The van der Waals surface area contributed by atoms with Crippen molar-refractivity contribution in [3.63, 3.8) is 0 Å². The van der Waals surface area contributed by atoms with Crippen molar-refractivity contribution in [3.8, 4) is 6.07 Å². The molecule has 6 aromatic carbocycles. The molecule has 6 aromatic rings. The maximum Gasteiger partial charge on any atom is 0.0998 e. The lowest BCUT2D eigenvalue weighted by Gasteiger charge is -2.27. The number of nitriles is 1. The number of nitrogens with zero attached hydrogens (tertiary/aromatic N) is 2. The van der Waals surface area contributed by atoms with Gasteiger partial charge in [-0.25, -0.2) is 0 Å². The van der Waals surface area contributed by atoms with E-state index in [9.17, 15) is 5.26 Å². The topological polar surface area (TPSA) is 27.0 Å². The number of para-hydroxylation sites is 2. The van der Waals surface area contributed by atoms with E-state index in [1.54, 1.807) is 0 Å². The fourth-order valence-electron chi connectivity index (χ4n) is 4.66. The predicted octanol–water partition coefficient (Wildman–Crippen LogP) is 7.93. The van der Waals surface area contributed by atoms with Gasteiger partial charge in [-0.3, -0.25) is 0 Å². The van der Waals surface area contributed by atoms with Crippen LogP contribution < -0.4 is 4.90 Å². The quantitative estimate of drug-likeness (QED) is 0.285. The van der Waals surface area contributed by atoms with Crippen LogP contribution in [0.25, 0.3) is 32.3 Å². The van der Waals surface area contributed by atoms with Gasteiger partial charge < -0.3 is 4.90 Å². The summed E-state index contributed by atoms with van der Waals surface area (Å²) in [7, 11) is 0. The molecule has 0 fully saturated rings. The summed E-state index contributed by atoms with van der Waals surface area (Å²) in [6.45, 7) is 0. The van der Waals surface area contributed by atoms with Crippen LogP contribution in [0.1, 0.15) is 5.56 Å². The minimum atomic E-state index is 0.718. The first-order valence-electron chi connectivity index (χ1n) is 10.4. The van der Waals surface area contributed by atoms with E-state index in [1.807, 2.05) is 18.2 Å². The van der Waals surface area contributed by atoms with Crippen molar-refractivity contribution in [1.29, 1.82) is 5.26 Å². The van der Waals surface area contributed by atoms with Crippen molar-refractivity contribution in [1.82, 2.24) is 0 Å². The summed E-state index contributed by atoms with van der Waals surface area (Å²) in [4.78, 5) is 2.30. The zero-order valence-electron chi connectivity index (χ0n) is 16.8. The molecular weight excluding hydrogens is 376 g/mol. The number of anilines is 3. The summed E-state index contributed by atoms with van der Waals surface area (Å²) in [6.07, 6.45) is 0. The van der Waals surface area contributed by atoms with E-state index in [1.165, 1.54) is 16.2 Å². The third-order valence-electron chi connectivity index (χ3n) is 6.03. The van der Waals surface area contributed by atoms with Gasteiger partial charge in [0.2, 0.25) is 0 Å². The Bertz CT molecular complexity index is 1540. The number of rotatable bonds is 3. The molecule has 0 N–H and O–H groups in total. The molecule has 0 heterocycles. The maximum absolute atomic E-state index is 9.65. The van der Waals surface area contributed by atoms with Gasteiger partial charge in [0, 0.05) is 22.1 Å². The summed E-state index contributed by atoms with van der Waals surface area (Å²) in [6, 6.07) is 40.2. The lowest BCUT2D eigenvalue weighted by molar-refractivity contribution is 1.30. The van der Waals surface area contributed by atoms with E-state index in [-0.39, 0.29) is 0 Å². The Morgan fingerprint density at radius 1 is 0.516 bits per heavy atom. The molecule has 0 spiro atoms. The van der Waals surface area contributed by atoms with Crippen LogP contribution in [0.15, 0.2) is 109 Å². The monoisotopic (exact) mass is 394 g/mol. The van der Waals surface area contributed by atoms with E-state index in [2.05, 4.69) is 102 Å². The Morgan fingerprint density at radius 2 is 1.03 bits per heavy atom. The van der Waals surface area contributed by atoms with E-state index in [0.29, 0.717) is 0 Å². The van der Waals surface area contributed by atoms with Crippen LogP contribution in [0, 0.1) is 11.3 Å². The molecular formula is C29H18N2. The van der Waals surface area contributed by atoms with Crippen LogP contribution in [0.4, 0.5) is 17.1 Å². The molecule has 2 nitrogen and oxygen atoms in total. The largest absolute Gasteiger partial charge is 0.310 e. The Hall–Kier alpha value is -4.35. The molecule has 0 bridgehead atoms. The summed E-state index contributed by atoms with van der Waals surface area (Å²) >= 11 is 0. The zero-order chi connectivity index (χ0) is 20.8. The molecule has 0 unspecified atom stereocenters. The Morgan fingerprint density at radius 3 is 1.65 bits per heavy atom. The summed E-state index contributed by atoms with van der Waals surface area (Å²) in [5.41, 5.74) is 4.07. The average molecular weight is 394 g/mol. The maximum atomic E-state index is 9.65. The highest BCUT2D eigenvalue weighted by atomic mass is 15.1. The molecule has 6 rings (SSSR count). The minimum absolute atomic E-state index is 0.718. The van der Waals surface area contributed by atoms with Crippen molar-refractivity contribution in [3.05, 3.63) is 115 Å². The second-order valence-electron chi connectivity index (χ2n) is 7.74. The molecule has 31 heavy (non-hydrogen) atoms. The van der Waals surface area contributed by atoms with Gasteiger partial charge in [-0.05, 0) is 57.9 Å². The summed E-state index contributed by atoms with van der Waals surface area (Å²) in [5.74, 6) is 0. The molecule has 0 aromatic heterocycles. The lowest BCUT2D eigenvalue weighted by atomic mass is 9.91. The van der Waals surface area contributed by atoms with E-state index >= 15 is 0 Å². The normalized spacial score (nSPS) is 11.2. The molecule has 2 heteroatoms. The van der Waals surface area contributed by atoms with Gasteiger partial charge in [-0.15, -0.1) is 0 Å². The third-order valence-corrected chi connectivity index (χ3v) is 6.03. The second-order valence-corrected chi connectivity index (χ2v) is 7.74. The van der Waals surface area contributed by atoms with E-state index in [4.69, 9.17) is 0 Å². The highest BCUT2D eigenvalue weighted by Gasteiger charge is 2.18. The summed E-state index contributed by atoms with van der Waals surface area (Å²) in [5, 5.41) is 16.6. The third kappa shape index (κ3) is 2.64. The van der Waals surface area contributed by atoms with Crippen molar-refractivity contribution in [2.45, 2.75) is 0 Å². The molecule has 0 radical (unpaired) electrons. The Kier molecular flexibility index (Phi) is 3.88. The van der Waals surface area contributed by atoms with Gasteiger partial charge in [0.05, 0.1) is 17.3 Å². The molecule has 0 aliphatic carbocycles. The molecule has 0 aliphatic heterocycles. The Labute approximate surface area is 180 Å². The molecule has 0 saturated heterocycles. The van der Waals surface area contributed by atoms with Gasteiger partial charge in [-0.1, -0.05) is 72.8 Å². The van der Waals surface area contributed by atoms with Gasteiger partial charge in [0.1, 0.15) is 0 Å². The van der Waals surface area contributed by atoms with Crippen LogP contribution in [-0.2, 0) is 0 Å². The van der Waals surface area contributed by atoms with Crippen LogP contribution in [-0.4, -0.2) is 0 Å². The number of hydrogen-bond acceptors (Lipinski definition) is 2. The smallest absolute Gasteiger partial charge is 0.0998 e. The van der Waals surface area contributed by atoms with Crippen molar-refractivity contribution < 1.29 is 0 Å². The van der Waals surface area contributed by atoms with Gasteiger partial charge in [0.15, 0.2) is 0 Å². The zero-order valence-corrected chi connectivity index (χ0v) is 16.8. The van der Waals surface area contributed by atoms with Crippen molar-refractivity contribution >= 4 is 49.4 Å². The van der Waals surface area contributed by atoms with Gasteiger partial charge in [-0.2, -0.15) is 5.26 Å². The fraction of sp³-hybridized carbons (Fsp3) is 0. The average Bonchev–Trinajstić information content (AvgIpc) is 2.84. The SMILES string of the molecule is N#Cc1ccc2ccc3c(N(c4ccccc4)c4ccccc4)ccc4ccc1c2c43. The lowest BCUT2D eigenvalue weighted by Crippen LogP contribution is -2.10. The Balaban J connectivity index is 1.73. The van der Waals surface area contributed by atoms with E-state index in [0.717, 1.165) is 38.8 Å². The summed E-state index contributed by atoms with van der Waals surface area (Å²) < 4.78 is 0. The van der Waals surface area contributed by atoms with Crippen LogP contribution >= 0.6 is 0 Å².